The Morgan fingerprint density at radius 3 is 3.13 bits per heavy atom. The molecule has 1 unspecified atom stereocenters. The van der Waals surface area contributed by atoms with Crippen LogP contribution < -0.4 is 5.32 Å². The number of urea groups is 1. The molecule has 1 atom stereocenters. The van der Waals surface area contributed by atoms with E-state index in [0.717, 1.165) is 17.8 Å². The lowest BCUT2D eigenvalue weighted by molar-refractivity contribution is 0.222. The van der Waals surface area contributed by atoms with Gasteiger partial charge in [-0.25, -0.2) is 4.79 Å². The lowest BCUT2D eigenvalue weighted by Gasteiger charge is -2.20. The van der Waals surface area contributed by atoms with Gasteiger partial charge in [0.25, 0.3) is 0 Å². The van der Waals surface area contributed by atoms with Crippen molar-refractivity contribution < 1.29 is 4.79 Å². The van der Waals surface area contributed by atoms with Crippen molar-refractivity contribution in [3.63, 3.8) is 0 Å². The molecule has 1 fully saturated rings. The number of hydrogen-bond acceptors (Lipinski definition) is 2. The largest absolute Gasteiger partial charge is 0.330 e. The lowest BCUT2D eigenvalue weighted by Crippen LogP contribution is -2.30. The Hall–Kier alpha value is -1.84. The van der Waals surface area contributed by atoms with Gasteiger partial charge in [0.1, 0.15) is 0 Å². The monoisotopic (exact) mass is 201 g/mol. The van der Waals surface area contributed by atoms with Gasteiger partial charge in [0, 0.05) is 19.3 Å². The molecule has 76 valence electrons. The number of pyridine rings is 1. The topological polar surface area (TPSA) is 45.2 Å². The average Bonchev–Trinajstić information content (AvgIpc) is 2.54. The summed E-state index contributed by atoms with van der Waals surface area (Å²) in [6.07, 6.45) is 3.88. The van der Waals surface area contributed by atoms with E-state index in [1.165, 1.54) is 0 Å². The molecule has 1 aromatic rings. The fourth-order valence-corrected chi connectivity index (χ4v) is 2.07. The third-order valence-corrected chi connectivity index (χ3v) is 2.77. The van der Waals surface area contributed by atoms with E-state index in [4.69, 9.17) is 0 Å². The smallest absolute Gasteiger partial charge is 0.318 e. The second-order valence-electron chi connectivity index (χ2n) is 3.84. The van der Waals surface area contributed by atoms with Crippen LogP contribution in [0.4, 0.5) is 4.79 Å². The van der Waals surface area contributed by atoms with Crippen LogP contribution in [0, 0.1) is 0 Å². The summed E-state index contributed by atoms with van der Waals surface area (Å²) in [7, 11) is 0. The molecule has 3 rings (SSSR count). The summed E-state index contributed by atoms with van der Waals surface area (Å²) in [5, 5.41) is 2.90. The highest BCUT2D eigenvalue weighted by Gasteiger charge is 2.32. The van der Waals surface area contributed by atoms with Crippen molar-refractivity contribution in [3.8, 4) is 0 Å². The highest BCUT2D eigenvalue weighted by molar-refractivity contribution is 5.83. The summed E-state index contributed by atoms with van der Waals surface area (Å²) < 4.78 is 0. The van der Waals surface area contributed by atoms with Crippen LogP contribution in [0.15, 0.2) is 30.5 Å². The predicted octanol–water partition coefficient (Wildman–Crippen LogP) is 0.872. The van der Waals surface area contributed by atoms with Crippen LogP contribution in [-0.2, 0) is 0 Å². The van der Waals surface area contributed by atoms with E-state index in [1.54, 1.807) is 6.20 Å². The molecule has 3 heterocycles. The van der Waals surface area contributed by atoms with Crippen LogP contribution in [-0.4, -0.2) is 35.0 Å². The maximum absolute atomic E-state index is 11.4. The highest BCUT2D eigenvalue weighted by Crippen LogP contribution is 2.22. The van der Waals surface area contributed by atoms with Crippen molar-refractivity contribution in [1.29, 1.82) is 0 Å². The van der Waals surface area contributed by atoms with Gasteiger partial charge in [-0.2, -0.15) is 0 Å². The fourth-order valence-electron chi connectivity index (χ4n) is 2.07. The summed E-state index contributed by atoms with van der Waals surface area (Å²) in [6, 6.07) is 6.02. The van der Waals surface area contributed by atoms with Gasteiger partial charge in [0.15, 0.2) is 0 Å². The number of carbonyl (C=O) groups excluding carboxylic acids is 1. The lowest BCUT2D eigenvalue weighted by atomic mass is 10.1. The Balaban J connectivity index is 1.94. The van der Waals surface area contributed by atoms with Crippen molar-refractivity contribution >= 4 is 11.6 Å². The van der Waals surface area contributed by atoms with Gasteiger partial charge in [-0.3, -0.25) is 4.98 Å². The Morgan fingerprint density at radius 1 is 1.47 bits per heavy atom. The van der Waals surface area contributed by atoms with Gasteiger partial charge in [0.05, 0.1) is 11.7 Å². The molecule has 1 saturated heterocycles. The van der Waals surface area contributed by atoms with Gasteiger partial charge in [-0.05, 0) is 17.7 Å². The maximum Gasteiger partial charge on any atom is 0.318 e. The molecule has 4 heteroatoms. The average molecular weight is 201 g/mol. The minimum Gasteiger partial charge on any atom is -0.330 e. The Labute approximate surface area is 87.6 Å². The van der Waals surface area contributed by atoms with E-state index in [2.05, 4.69) is 16.4 Å². The first-order chi connectivity index (χ1) is 7.33. The molecule has 2 aliphatic rings. The van der Waals surface area contributed by atoms with Crippen molar-refractivity contribution in [2.24, 2.45) is 0 Å². The molecule has 0 aromatic carbocycles. The molecule has 1 aromatic heterocycles. The number of rotatable bonds is 1. The van der Waals surface area contributed by atoms with Crippen molar-refractivity contribution in [2.75, 3.05) is 13.1 Å². The van der Waals surface area contributed by atoms with Crippen LogP contribution in [0.2, 0.25) is 0 Å². The Bertz CT molecular complexity index is 427. The molecule has 2 aliphatic heterocycles. The van der Waals surface area contributed by atoms with Gasteiger partial charge >= 0.3 is 6.03 Å². The van der Waals surface area contributed by atoms with E-state index in [0.29, 0.717) is 6.54 Å². The standard InChI is InChI=1S/C11H11N3O/c15-11-13-9-5-8(6-14(11)7-9)10-3-1-2-4-12-10/h1-5,9H,6-7H2,(H,13,15). The quantitative estimate of drug-likeness (QED) is 0.732. The highest BCUT2D eigenvalue weighted by atomic mass is 16.2. The van der Waals surface area contributed by atoms with E-state index in [9.17, 15) is 4.79 Å². The van der Waals surface area contributed by atoms with Crippen LogP contribution in [0.5, 0.6) is 0 Å². The predicted molar refractivity (Wildman–Crippen MR) is 56.1 cm³/mol. The minimum atomic E-state index is 0.0298. The number of aromatic nitrogens is 1. The van der Waals surface area contributed by atoms with Gasteiger partial charge in [-0.1, -0.05) is 12.1 Å². The van der Waals surface area contributed by atoms with Crippen LogP contribution in [0.25, 0.3) is 5.57 Å². The third-order valence-electron chi connectivity index (χ3n) is 2.77. The molecule has 0 aliphatic carbocycles. The Kier molecular flexibility index (Phi) is 1.74. The number of nitrogens with zero attached hydrogens (tertiary/aromatic N) is 2. The summed E-state index contributed by atoms with van der Waals surface area (Å²) in [4.78, 5) is 17.5. The van der Waals surface area contributed by atoms with E-state index >= 15 is 0 Å². The number of carbonyl (C=O) groups is 1. The molecule has 0 spiro atoms. The Morgan fingerprint density at radius 2 is 2.40 bits per heavy atom. The zero-order valence-electron chi connectivity index (χ0n) is 8.18. The second-order valence-corrected chi connectivity index (χ2v) is 3.84. The molecule has 2 bridgehead atoms. The van der Waals surface area contributed by atoms with E-state index in [-0.39, 0.29) is 12.1 Å². The summed E-state index contributed by atoms with van der Waals surface area (Å²) in [5.41, 5.74) is 2.09. The van der Waals surface area contributed by atoms with Crippen molar-refractivity contribution in [1.82, 2.24) is 15.2 Å². The zero-order chi connectivity index (χ0) is 10.3. The van der Waals surface area contributed by atoms with Crippen molar-refractivity contribution in [3.05, 3.63) is 36.2 Å². The summed E-state index contributed by atoms with van der Waals surface area (Å²) in [5.74, 6) is 0. The number of hydrogen-bond donors (Lipinski definition) is 1. The number of amides is 2. The van der Waals surface area contributed by atoms with Gasteiger partial charge in [-0.15, -0.1) is 0 Å². The zero-order valence-corrected chi connectivity index (χ0v) is 8.18. The summed E-state index contributed by atoms with van der Waals surface area (Å²) >= 11 is 0. The molecule has 4 nitrogen and oxygen atoms in total. The second kappa shape index (κ2) is 3.08. The first-order valence-electron chi connectivity index (χ1n) is 5.00. The SMILES string of the molecule is O=C1NC2C=C(c3ccccn3)CN1C2. The third kappa shape index (κ3) is 1.38. The first-order valence-corrected chi connectivity index (χ1v) is 5.00. The molecule has 1 N–H and O–H groups in total. The normalized spacial score (nSPS) is 23.7. The van der Waals surface area contributed by atoms with Crippen LogP contribution in [0.3, 0.4) is 0 Å². The fraction of sp³-hybridized carbons (Fsp3) is 0.273. The first kappa shape index (κ1) is 8.47. The molecule has 0 saturated carbocycles. The molecule has 2 amide bonds. The van der Waals surface area contributed by atoms with Crippen molar-refractivity contribution in [2.45, 2.75) is 6.04 Å². The van der Waals surface area contributed by atoms with Gasteiger partial charge < -0.3 is 10.2 Å². The molecule has 0 radical (unpaired) electrons. The van der Waals surface area contributed by atoms with Gasteiger partial charge in [0.2, 0.25) is 0 Å². The van der Waals surface area contributed by atoms with Crippen LogP contribution >= 0.6 is 0 Å². The number of nitrogens with one attached hydrogen (secondary N) is 1. The summed E-state index contributed by atoms with van der Waals surface area (Å²) in [6.45, 7) is 1.45. The van der Waals surface area contributed by atoms with Crippen LogP contribution in [0.1, 0.15) is 5.69 Å². The molecular weight excluding hydrogens is 190 g/mol. The minimum absolute atomic E-state index is 0.0298. The van der Waals surface area contributed by atoms with E-state index < -0.39 is 0 Å². The maximum atomic E-state index is 11.4. The molecular formula is C11H11N3O. The van der Waals surface area contributed by atoms with E-state index in [1.807, 2.05) is 23.1 Å². The number of fused-ring (bicyclic) bond motifs is 2. The molecule has 15 heavy (non-hydrogen) atoms.